The molecule has 1 fully saturated rings. The number of nitrogens with one attached hydrogen (secondary N) is 1. The molecule has 7 rings (SSSR count). The van der Waals surface area contributed by atoms with E-state index in [1.165, 1.54) is 12.1 Å². The molecule has 6 aromatic rings. The molecule has 1 aliphatic rings. The van der Waals surface area contributed by atoms with E-state index in [-0.39, 0.29) is 11.6 Å². The van der Waals surface area contributed by atoms with Gasteiger partial charge in [-0.15, -0.1) is 0 Å². The molecule has 3 aromatic heterocycles. The Labute approximate surface area is 238 Å². The molecule has 1 saturated heterocycles. The van der Waals surface area contributed by atoms with Gasteiger partial charge in [0.2, 0.25) is 0 Å². The van der Waals surface area contributed by atoms with Gasteiger partial charge in [-0.1, -0.05) is 30.3 Å². The van der Waals surface area contributed by atoms with Gasteiger partial charge in [-0.2, -0.15) is 0 Å². The predicted molar refractivity (Wildman–Crippen MR) is 155 cm³/mol. The monoisotopic (exact) mass is 570 g/mol. The van der Waals surface area contributed by atoms with E-state index in [9.17, 15) is 17.6 Å². The van der Waals surface area contributed by atoms with E-state index in [0.29, 0.717) is 58.7 Å². The van der Waals surface area contributed by atoms with Crippen molar-refractivity contribution in [2.45, 2.75) is 25.4 Å². The minimum absolute atomic E-state index is 0.0518. The molecule has 0 bridgehead atoms. The first-order chi connectivity index (χ1) is 20.3. The average molecular weight is 571 g/mol. The predicted octanol–water partition coefficient (Wildman–Crippen LogP) is 6.78. The molecule has 0 atom stereocenters. The molecule has 6 nitrogen and oxygen atoms in total. The van der Waals surface area contributed by atoms with E-state index < -0.39 is 23.3 Å². The Morgan fingerprint density at radius 1 is 0.881 bits per heavy atom. The summed E-state index contributed by atoms with van der Waals surface area (Å²) in [6.07, 6.45) is 5.04. The fourth-order valence-electron chi connectivity index (χ4n) is 5.82. The summed E-state index contributed by atoms with van der Waals surface area (Å²) >= 11 is 0. The molecule has 0 amide bonds. The van der Waals surface area contributed by atoms with Gasteiger partial charge in [0.1, 0.15) is 23.1 Å². The Kier molecular flexibility index (Phi) is 6.42. The van der Waals surface area contributed by atoms with Crippen LogP contribution in [0, 0.1) is 23.3 Å². The van der Waals surface area contributed by atoms with Crippen molar-refractivity contribution in [3.05, 3.63) is 102 Å². The highest BCUT2D eigenvalue weighted by Gasteiger charge is 2.27. The molecule has 212 valence electrons. The smallest absolute Gasteiger partial charge is 0.161 e. The van der Waals surface area contributed by atoms with Crippen LogP contribution in [0.5, 0.6) is 0 Å². The Morgan fingerprint density at radius 2 is 1.60 bits per heavy atom. The normalized spacial score (nSPS) is 14.4. The molecular formula is C32H26F4N6. The SMILES string of the molecule is NC1CCN(c2c(-c3cc(F)cc(F)c3)cnc3c2c(-c2nc4cc(F)c(F)cc4[nH]2)cn3Cc2ccccc2)CC1. The summed E-state index contributed by atoms with van der Waals surface area (Å²) in [6, 6.07) is 15.5. The fourth-order valence-corrected chi connectivity index (χ4v) is 5.82. The largest absolute Gasteiger partial charge is 0.370 e. The molecule has 3 aromatic carbocycles. The number of anilines is 1. The lowest BCUT2D eigenvalue weighted by Gasteiger charge is -2.34. The van der Waals surface area contributed by atoms with Gasteiger partial charge in [-0.25, -0.2) is 27.5 Å². The first kappa shape index (κ1) is 26.2. The van der Waals surface area contributed by atoms with Gasteiger partial charge in [0.15, 0.2) is 11.6 Å². The quantitative estimate of drug-likeness (QED) is 0.224. The third-order valence-electron chi connectivity index (χ3n) is 7.86. The van der Waals surface area contributed by atoms with Crippen molar-refractivity contribution in [2.24, 2.45) is 5.73 Å². The molecule has 0 spiro atoms. The number of nitrogens with zero attached hydrogens (tertiary/aromatic N) is 4. The van der Waals surface area contributed by atoms with Gasteiger partial charge in [-0.3, -0.25) is 0 Å². The topological polar surface area (TPSA) is 75.8 Å². The summed E-state index contributed by atoms with van der Waals surface area (Å²) in [7, 11) is 0. The number of nitrogens with two attached hydrogens (primary N) is 1. The fraction of sp³-hybridized carbons (Fsp3) is 0.188. The van der Waals surface area contributed by atoms with Crippen molar-refractivity contribution in [2.75, 3.05) is 18.0 Å². The number of aromatic amines is 1. The molecule has 0 radical (unpaired) electrons. The molecule has 0 aliphatic carbocycles. The van der Waals surface area contributed by atoms with Crippen LogP contribution in [0.25, 0.3) is 44.6 Å². The second-order valence-corrected chi connectivity index (χ2v) is 10.7. The highest BCUT2D eigenvalue weighted by atomic mass is 19.2. The van der Waals surface area contributed by atoms with Crippen LogP contribution in [-0.4, -0.2) is 38.7 Å². The summed E-state index contributed by atoms with van der Waals surface area (Å²) in [5, 5.41) is 0.712. The minimum atomic E-state index is -0.991. The Balaban J connectivity index is 1.53. The van der Waals surface area contributed by atoms with Crippen molar-refractivity contribution in [1.82, 2.24) is 19.5 Å². The number of hydrogen-bond acceptors (Lipinski definition) is 4. The molecule has 10 heteroatoms. The van der Waals surface area contributed by atoms with Gasteiger partial charge in [0.25, 0.3) is 0 Å². The second kappa shape index (κ2) is 10.3. The third kappa shape index (κ3) is 4.67. The number of imidazole rings is 1. The standard InChI is InChI=1S/C32H26F4N6/c33-20-10-19(11-21(34)12-20)23-15-38-32-29(30(23)41-8-6-22(37)7-9-41)24(17-42(32)16-18-4-2-1-3-5-18)31-39-27-13-25(35)26(36)14-28(27)40-31/h1-5,10-15,17,22H,6-9,16,37H2,(H,39,40). The lowest BCUT2D eigenvalue weighted by molar-refractivity contribution is 0.502. The van der Waals surface area contributed by atoms with Gasteiger partial charge in [-0.05, 0) is 36.1 Å². The maximum Gasteiger partial charge on any atom is 0.161 e. The highest BCUT2D eigenvalue weighted by molar-refractivity contribution is 6.07. The molecule has 0 saturated carbocycles. The van der Waals surface area contributed by atoms with E-state index in [0.717, 1.165) is 42.3 Å². The van der Waals surface area contributed by atoms with Crippen LogP contribution in [0.15, 0.2) is 73.1 Å². The Hall–Kier alpha value is -4.70. The molecule has 1 aliphatic heterocycles. The molecule has 42 heavy (non-hydrogen) atoms. The Bertz CT molecular complexity index is 1880. The maximum atomic E-state index is 14.5. The van der Waals surface area contributed by atoms with Crippen molar-refractivity contribution in [3.8, 4) is 22.5 Å². The number of H-pyrrole nitrogens is 1. The van der Waals surface area contributed by atoms with E-state index in [1.54, 1.807) is 6.20 Å². The van der Waals surface area contributed by atoms with Crippen LogP contribution in [-0.2, 0) is 6.54 Å². The number of pyridine rings is 1. The van der Waals surface area contributed by atoms with E-state index >= 15 is 0 Å². The van der Waals surface area contributed by atoms with Gasteiger partial charge >= 0.3 is 0 Å². The number of hydrogen-bond donors (Lipinski definition) is 2. The number of piperidine rings is 1. The number of halogens is 4. The summed E-state index contributed by atoms with van der Waals surface area (Å²) in [5.74, 6) is -2.97. The van der Waals surface area contributed by atoms with Crippen LogP contribution < -0.4 is 10.6 Å². The highest BCUT2D eigenvalue weighted by Crippen LogP contribution is 2.43. The third-order valence-corrected chi connectivity index (χ3v) is 7.86. The van der Waals surface area contributed by atoms with Gasteiger partial charge in [0, 0.05) is 67.4 Å². The van der Waals surface area contributed by atoms with Crippen molar-refractivity contribution >= 4 is 27.8 Å². The second-order valence-electron chi connectivity index (χ2n) is 10.7. The minimum Gasteiger partial charge on any atom is -0.370 e. The van der Waals surface area contributed by atoms with Crippen LogP contribution in [0.1, 0.15) is 18.4 Å². The first-order valence-corrected chi connectivity index (χ1v) is 13.7. The van der Waals surface area contributed by atoms with Crippen molar-refractivity contribution in [3.63, 3.8) is 0 Å². The summed E-state index contributed by atoms with van der Waals surface area (Å²) in [4.78, 5) is 14.8. The van der Waals surface area contributed by atoms with Gasteiger partial charge in [0.05, 0.1) is 22.1 Å². The van der Waals surface area contributed by atoms with Gasteiger partial charge < -0.3 is 20.2 Å². The van der Waals surface area contributed by atoms with E-state index in [1.807, 2.05) is 41.1 Å². The lowest BCUT2D eigenvalue weighted by Crippen LogP contribution is -2.40. The average Bonchev–Trinajstić information content (AvgIpc) is 3.54. The van der Waals surface area contributed by atoms with Crippen molar-refractivity contribution < 1.29 is 17.6 Å². The summed E-state index contributed by atoms with van der Waals surface area (Å²) < 4.78 is 59.1. The summed E-state index contributed by atoms with van der Waals surface area (Å²) in [5.41, 5.74) is 10.8. The maximum absolute atomic E-state index is 14.5. The Morgan fingerprint density at radius 3 is 2.33 bits per heavy atom. The van der Waals surface area contributed by atoms with Crippen LogP contribution >= 0.6 is 0 Å². The lowest BCUT2D eigenvalue weighted by atomic mass is 9.98. The number of fused-ring (bicyclic) bond motifs is 2. The zero-order valence-electron chi connectivity index (χ0n) is 22.4. The first-order valence-electron chi connectivity index (χ1n) is 13.7. The van der Waals surface area contributed by atoms with E-state index in [4.69, 9.17) is 10.7 Å². The van der Waals surface area contributed by atoms with Crippen LogP contribution in [0.2, 0.25) is 0 Å². The molecule has 0 unspecified atom stereocenters. The van der Waals surface area contributed by atoms with E-state index in [2.05, 4.69) is 14.9 Å². The molecule has 3 N–H and O–H groups in total. The van der Waals surface area contributed by atoms with Crippen LogP contribution in [0.4, 0.5) is 23.2 Å². The van der Waals surface area contributed by atoms with Crippen LogP contribution in [0.3, 0.4) is 0 Å². The molecule has 4 heterocycles. The number of aromatic nitrogens is 4. The van der Waals surface area contributed by atoms with Crippen molar-refractivity contribution in [1.29, 1.82) is 0 Å². The number of rotatable bonds is 5. The molecular weight excluding hydrogens is 544 g/mol. The zero-order valence-corrected chi connectivity index (χ0v) is 22.4. The summed E-state index contributed by atoms with van der Waals surface area (Å²) in [6.45, 7) is 1.75. The number of benzene rings is 3. The zero-order chi connectivity index (χ0) is 29.0.